The molecule has 0 bridgehead atoms. The summed E-state index contributed by atoms with van der Waals surface area (Å²) in [5.41, 5.74) is -0.625. The van der Waals surface area contributed by atoms with Crippen LogP contribution in [0.2, 0.25) is 0 Å². The number of carbonyl (C=O) groups excluding carboxylic acids is 2. The summed E-state index contributed by atoms with van der Waals surface area (Å²) >= 11 is 0. The number of nitrogens with zero attached hydrogens (tertiary/aromatic N) is 1. The van der Waals surface area contributed by atoms with Crippen molar-refractivity contribution in [2.24, 2.45) is 17.8 Å². The summed E-state index contributed by atoms with van der Waals surface area (Å²) in [5, 5.41) is 10.7. The molecule has 3 unspecified atom stereocenters. The number of carbonyl (C=O) groups is 2. The molecule has 9 heteroatoms. The van der Waals surface area contributed by atoms with Gasteiger partial charge in [0.15, 0.2) is 0 Å². The summed E-state index contributed by atoms with van der Waals surface area (Å²) in [7, 11) is -0.913. The van der Waals surface area contributed by atoms with Crippen LogP contribution in [0.25, 0.3) is 0 Å². The van der Waals surface area contributed by atoms with Crippen LogP contribution in [-0.2, 0) is 19.7 Å². The van der Waals surface area contributed by atoms with Gasteiger partial charge in [0.1, 0.15) is 0 Å². The molecule has 0 aromatic heterocycles. The summed E-state index contributed by atoms with van der Waals surface area (Å²) in [6.45, 7) is 8.70. The fraction of sp³-hybridized carbons (Fsp3) is 0.842. The van der Waals surface area contributed by atoms with Crippen molar-refractivity contribution in [1.29, 1.82) is 5.41 Å². The van der Waals surface area contributed by atoms with Gasteiger partial charge in [-0.05, 0) is 45.4 Å². The van der Waals surface area contributed by atoms with Crippen LogP contribution in [0.5, 0.6) is 0 Å². The molecule has 164 valence electrons. The Bertz CT molecular complexity index is 658. The molecule has 3 N–H and O–H groups in total. The van der Waals surface area contributed by atoms with E-state index in [1.54, 1.807) is 14.1 Å². The molecule has 0 fully saturated rings. The Morgan fingerprint density at radius 3 is 2.07 bits per heavy atom. The molecule has 0 aromatic carbocycles. The lowest BCUT2D eigenvalue weighted by Crippen LogP contribution is -2.51. The molecule has 0 heterocycles. The lowest BCUT2D eigenvalue weighted by Gasteiger charge is -2.30. The van der Waals surface area contributed by atoms with Crippen LogP contribution >= 0.6 is 0 Å². The average Bonchev–Trinajstić information content (AvgIpc) is 2.53. The maximum Gasteiger partial charge on any atom is 0.267 e. The van der Waals surface area contributed by atoms with Crippen LogP contribution < -0.4 is 5.32 Å². The Hall–Kier alpha value is -1.48. The first-order valence-corrected chi connectivity index (χ1v) is 11.3. The topological polar surface area (TPSA) is 128 Å². The van der Waals surface area contributed by atoms with Crippen molar-refractivity contribution in [3.05, 3.63) is 0 Å². The standard InChI is InChI=1S/C19H37N3O5S/c1-8-14(18(24)22(6)7)11-15(10-13(3)16(20)9-2)17(23)21-19(4,5)12-28(25,26)27/h13-15,20H,8-12H2,1-7H3,(H,21,23)(H,25,26,27). The van der Waals surface area contributed by atoms with Gasteiger partial charge in [0, 0.05) is 31.6 Å². The number of amides is 2. The highest BCUT2D eigenvalue weighted by molar-refractivity contribution is 7.85. The normalized spacial score (nSPS) is 15.4. The van der Waals surface area contributed by atoms with E-state index in [1.165, 1.54) is 18.7 Å². The molecule has 0 aliphatic rings. The van der Waals surface area contributed by atoms with Gasteiger partial charge in [0.05, 0.1) is 11.3 Å². The Balaban J connectivity index is 5.54. The number of hydrogen-bond donors (Lipinski definition) is 3. The first kappa shape index (κ1) is 26.5. The van der Waals surface area contributed by atoms with Gasteiger partial charge in [-0.1, -0.05) is 20.8 Å². The minimum Gasteiger partial charge on any atom is -0.350 e. The van der Waals surface area contributed by atoms with Gasteiger partial charge in [-0.15, -0.1) is 0 Å². The SMILES string of the molecule is CCC(=N)C(C)CC(CC(CC)C(=O)N(C)C)C(=O)NC(C)(C)CS(=O)(=O)O. The molecule has 3 atom stereocenters. The maximum atomic E-state index is 13.0. The zero-order chi connectivity index (χ0) is 22.3. The zero-order valence-corrected chi connectivity index (χ0v) is 19.0. The van der Waals surface area contributed by atoms with Gasteiger partial charge in [-0.25, -0.2) is 0 Å². The summed E-state index contributed by atoms with van der Waals surface area (Å²) in [4.78, 5) is 26.9. The van der Waals surface area contributed by atoms with Gasteiger partial charge < -0.3 is 15.6 Å². The Morgan fingerprint density at radius 1 is 1.14 bits per heavy atom. The fourth-order valence-corrected chi connectivity index (χ4v) is 4.29. The molecule has 0 spiro atoms. The summed E-state index contributed by atoms with van der Waals surface area (Å²) in [6.07, 6.45) is 1.88. The highest BCUT2D eigenvalue weighted by Gasteiger charge is 2.33. The largest absolute Gasteiger partial charge is 0.350 e. The Labute approximate surface area is 169 Å². The molecule has 2 amide bonds. The highest BCUT2D eigenvalue weighted by Crippen LogP contribution is 2.26. The van der Waals surface area contributed by atoms with Crippen LogP contribution in [0, 0.1) is 23.2 Å². The van der Waals surface area contributed by atoms with E-state index in [0.717, 1.165) is 0 Å². The molecule has 0 radical (unpaired) electrons. The molecule has 0 aromatic rings. The van der Waals surface area contributed by atoms with E-state index in [-0.39, 0.29) is 23.7 Å². The van der Waals surface area contributed by atoms with Crippen molar-refractivity contribution in [1.82, 2.24) is 10.2 Å². The second-order valence-electron chi connectivity index (χ2n) is 8.39. The highest BCUT2D eigenvalue weighted by atomic mass is 32.2. The monoisotopic (exact) mass is 419 g/mol. The Morgan fingerprint density at radius 2 is 1.68 bits per heavy atom. The molecule has 8 nitrogen and oxygen atoms in total. The second-order valence-corrected chi connectivity index (χ2v) is 9.84. The van der Waals surface area contributed by atoms with E-state index < -0.39 is 27.3 Å². The van der Waals surface area contributed by atoms with Crippen LogP contribution in [0.4, 0.5) is 0 Å². The van der Waals surface area contributed by atoms with Crippen molar-refractivity contribution >= 4 is 27.6 Å². The minimum atomic E-state index is -4.26. The third-order valence-electron chi connectivity index (χ3n) is 4.84. The second kappa shape index (κ2) is 10.9. The van der Waals surface area contributed by atoms with E-state index in [1.807, 2.05) is 20.8 Å². The van der Waals surface area contributed by atoms with Gasteiger partial charge in [-0.3, -0.25) is 14.1 Å². The van der Waals surface area contributed by atoms with Gasteiger partial charge >= 0.3 is 0 Å². The van der Waals surface area contributed by atoms with Crippen LogP contribution in [0.15, 0.2) is 0 Å². The van der Waals surface area contributed by atoms with Gasteiger partial charge in [-0.2, -0.15) is 8.42 Å². The predicted octanol–water partition coefficient (Wildman–Crippen LogP) is 2.35. The molecule has 0 rings (SSSR count). The molecule has 0 aliphatic heterocycles. The van der Waals surface area contributed by atoms with Crippen molar-refractivity contribution in [3.63, 3.8) is 0 Å². The van der Waals surface area contributed by atoms with Crippen LogP contribution in [0.1, 0.15) is 60.3 Å². The van der Waals surface area contributed by atoms with Crippen molar-refractivity contribution < 1.29 is 22.6 Å². The lowest BCUT2D eigenvalue weighted by molar-refractivity contribution is -0.134. The number of nitrogens with one attached hydrogen (secondary N) is 2. The number of rotatable bonds is 12. The van der Waals surface area contributed by atoms with E-state index in [0.29, 0.717) is 31.4 Å². The summed E-state index contributed by atoms with van der Waals surface area (Å²) in [6, 6.07) is 0. The van der Waals surface area contributed by atoms with Crippen LogP contribution in [-0.4, -0.2) is 60.8 Å². The molecular formula is C19H37N3O5S. The molecular weight excluding hydrogens is 382 g/mol. The maximum absolute atomic E-state index is 13.0. The molecule has 0 saturated heterocycles. The van der Waals surface area contributed by atoms with E-state index in [4.69, 9.17) is 9.96 Å². The van der Waals surface area contributed by atoms with E-state index in [2.05, 4.69) is 5.32 Å². The fourth-order valence-electron chi connectivity index (χ4n) is 3.31. The van der Waals surface area contributed by atoms with Gasteiger partial charge in [0.25, 0.3) is 10.1 Å². The molecule has 0 saturated carbocycles. The van der Waals surface area contributed by atoms with Crippen LogP contribution in [0.3, 0.4) is 0 Å². The lowest BCUT2D eigenvalue weighted by atomic mass is 9.83. The Kier molecular flexibility index (Phi) is 10.3. The van der Waals surface area contributed by atoms with Crippen molar-refractivity contribution in [3.8, 4) is 0 Å². The van der Waals surface area contributed by atoms with E-state index in [9.17, 15) is 18.0 Å². The quantitative estimate of drug-likeness (QED) is 0.330. The zero-order valence-electron chi connectivity index (χ0n) is 18.2. The minimum absolute atomic E-state index is 0.0595. The first-order chi connectivity index (χ1) is 12.6. The smallest absolute Gasteiger partial charge is 0.267 e. The number of hydrogen-bond acceptors (Lipinski definition) is 5. The molecule has 28 heavy (non-hydrogen) atoms. The summed E-state index contributed by atoms with van der Waals surface area (Å²) < 4.78 is 31.6. The average molecular weight is 420 g/mol. The third kappa shape index (κ3) is 9.64. The first-order valence-electron chi connectivity index (χ1n) is 9.69. The van der Waals surface area contributed by atoms with Gasteiger partial charge in [0.2, 0.25) is 11.8 Å². The van der Waals surface area contributed by atoms with Crippen molar-refractivity contribution in [2.75, 3.05) is 19.8 Å². The summed E-state index contributed by atoms with van der Waals surface area (Å²) in [5.74, 6) is -2.04. The van der Waals surface area contributed by atoms with Crippen molar-refractivity contribution in [2.45, 2.75) is 65.8 Å². The predicted molar refractivity (Wildman–Crippen MR) is 111 cm³/mol. The van der Waals surface area contributed by atoms with E-state index >= 15 is 0 Å². The molecule has 0 aliphatic carbocycles. The third-order valence-corrected chi connectivity index (χ3v) is 5.93.